The van der Waals surface area contributed by atoms with Gasteiger partial charge in [-0.15, -0.1) is 11.8 Å². The minimum Gasteiger partial charge on any atom is -0.315 e. The number of hydrogen-bond donors (Lipinski definition) is 1. The molecule has 1 aromatic rings. The molecular formula is C10H19N3S. The van der Waals surface area contributed by atoms with E-state index in [-0.39, 0.29) is 0 Å². The van der Waals surface area contributed by atoms with E-state index in [1.54, 1.807) is 0 Å². The normalized spacial score (nSPS) is 11.1. The molecule has 1 aromatic heterocycles. The zero-order valence-corrected chi connectivity index (χ0v) is 9.97. The Labute approximate surface area is 90.3 Å². The van der Waals surface area contributed by atoms with Crippen molar-refractivity contribution >= 4 is 11.8 Å². The highest BCUT2D eigenvalue weighted by molar-refractivity contribution is 7.99. The summed E-state index contributed by atoms with van der Waals surface area (Å²) in [5, 5.41) is 7.53. The quantitative estimate of drug-likeness (QED) is 0.578. The summed E-state index contributed by atoms with van der Waals surface area (Å²) in [4.78, 5) is 1.26. The largest absolute Gasteiger partial charge is 0.315 e. The summed E-state index contributed by atoms with van der Waals surface area (Å²) in [6.07, 6.45) is 5.18. The maximum Gasteiger partial charge on any atom is 0.0625 e. The van der Waals surface area contributed by atoms with Gasteiger partial charge in [-0.1, -0.05) is 13.8 Å². The lowest BCUT2D eigenvalue weighted by molar-refractivity contribution is 0.586. The van der Waals surface area contributed by atoms with E-state index >= 15 is 0 Å². The fourth-order valence-corrected chi connectivity index (χ4v) is 2.00. The van der Waals surface area contributed by atoms with Gasteiger partial charge in [0.1, 0.15) is 0 Å². The molecule has 1 rings (SSSR count). The van der Waals surface area contributed by atoms with Crippen LogP contribution in [0.2, 0.25) is 0 Å². The van der Waals surface area contributed by atoms with Gasteiger partial charge in [-0.3, -0.25) is 4.68 Å². The van der Waals surface area contributed by atoms with Crippen LogP contribution in [0.25, 0.3) is 0 Å². The predicted molar refractivity (Wildman–Crippen MR) is 61.7 cm³/mol. The van der Waals surface area contributed by atoms with Crippen molar-refractivity contribution in [1.82, 2.24) is 15.1 Å². The minimum absolute atomic E-state index is 0.596. The smallest absolute Gasteiger partial charge is 0.0625 e. The molecule has 0 radical (unpaired) electrons. The standard InChI is InChI=1S/C10H19N3S/c1-9(2)11-5-4-6-14-10-7-12-13(3)8-10/h7-9,11H,4-6H2,1-3H3. The Morgan fingerprint density at radius 2 is 2.36 bits per heavy atom. The van der Waals surface area contributed by atoms with Gasteiger partial charge < -0.3 is 5.32 Å². The molecule has 1 heterocycles. The molecule has 0 aliphatic carbocycles. The van der Waals surface area contributed by atoms with Crippen LogP contribution in [-0.2, 0) is 7.05 Å². The van der Waals surface area contributed by atoms with Crippen LogP contribution in [0.4, 0.5) is 0 Å². The summed E-state index contributed by atoms with van der Waals surface area (Å²) in [5.41, 5.74) is 0. The third-order valence-electron chi connectivity index (χ3n) is 1.82. The molecular weight excluding hydrogens is 194 g/mol. The summed E-state index contributed by atoms with van der Waals surface area (Å²) in [7, 11) is 1.95. The molecule has 0 amide bonds. The molecule has 14 heavy (non-hydrogen) atoms. The first kappa shape index (κ1) is 11.6. The van der Waals surface area contributed by atoms with E-state index in [9.17, 15) is 0 Å². The first-order valence-electron chi connectivity index (χ1n) is 5.03. The number of nitrogens with zero attached hydrogens (tertiary/aromatic N) is 2. The highest BCUT2D eigenvalue weighted by Crippen LogP contribution is 2.16. The monoisotopic (exact) mass is 213 g/mol. The van der Waals surface area contributed by atoms with Crippen molar-refractivity contribution in [3.63, 3.8) is 0 Å². The van der Waals surface area contributed by atoms with Gasteiger partial charge >= 0.3 is 0 Å². The van der Waals surface area contributed by atoms with Crippen LogP contribution in [0.5, 0.6) is 0 Å². The molecule has 0 spiro atoms. The Hall–Kier alpha value is -0.480. The fraction of sp³-hybridized carbons (Fsp3) is 0.700. The maximum atomic E-state index is 4.12. The van der Waals surface area contributed by atoms with Gasteiger partial charge in [-0.2, -0.15) is 5.10 Å². The number of thioether (sulfide) groups is 1. The predicted octanol–water partition coefficient (Wildman–Crippen LogP) is 1.90. The Balaban J connectivity index is 2.04. The third-order valence-corrected chi connectivity index (χ3v) is 2.86. The first-order valence-corrected chi connectivity index (χ1v) is 6.02. The number of nitrogens with one attached hydrogen (secondary N) is 1. The SMILES string of the molecule is CC(C)NCCCSc1cnn(C)c1. The highest BCUT2D eigenvalue weighted by atomic mass is 32.2. The molecule has 0 saturated heterocycles. The molecule has 0 unspecified atom stereocenters. The Bertz CT molecular complexity index is 258. The number of aromatic nitrogens is 2. The average molecular weight is 213 g/mol. The lowest BCUT2D eigenvalue weighted by atomic mass is 10.4. The molecule has 0 fully saturated rings. The number of rotatable bonds is 6. The molecule has 4 heteroatoms. The summed E-state index contributed by atoms with van der Waals surface area (Å²) in [6.45, 7) is 5.45. The molecule has 0 saturated carbocycles. The van der Waals surface area contributed by atoms with Crippen molar-refractivity contribution in [2.75, 3.05) is 12.3 Å². The van der Waals surface area contributed by atoms with Gasteiger partial charge in [0, 0.05) is 24.2 Å². The Morgan fingerprint density at radius 3 is 2.93 bits per heavy atom. The molecule has 80 valence electrons. The van der Waals surface area contributed by atoms with E-state index in [1.165, 1.54) is 11.3 Å². The van der Waals surface area contributed by atoms with Crippen LogP contribution in [-0.4, -0.2) is 28.1 Å². The van der Waals surface area contributed by atoms with Gasteiger partial charge in [0.05, 0.1) is 6.20 Å². The van der Waals surface area contributed by atoms with Crippen molar-refractivity contribution in [1.29, 1.82) is 0 Å². The zero-order valence-electron chi connectivity index (χ0n) is 9.16. The second-order valence-electron chi connectivity index (χ2n) is 3.66. The summed E-state index contributed by atoms with van der Waals surface area (Å²) in [5.74, 6) is 1.16. The molecule has 0 atom stereocenters. The lowest BCUT2D eigenvalue weighted by Crippen LogP contribution is -2.23. The highest BCUT2D eigenvalue weighted by Gasteiger charge is 1.97. The van der Waals surface area contributed by atoms with Crippen molar-refractivity contribution < 1.29 is 0 Å². The maximum absolute atomic E-state index is 4.12. The van der Waals surface area contributed by atoms with Gasteiger partial charge in [0.15, 0.2) is 0 Å². The summed E-state index contributed by atoms with van der Waals surface area (Å²) < 4.78 is 1.84. The molecule has 0 aromatic carbocycles. The number of aryl methyl sites for hydroxylation is 1. The van der Waals surface area contributed by atoms with Crippen LogP contribution in [0.3, 0.4) is 0 Å². The second-order valence-corrected chi connectivity index (χ2v) is 4.83. The Morgan fingerprint density at radius 1 is 1.57 bits per heavy atom. The Kier molecular flexibility index (Phi) is 5.04. The summed E-state index contributed by atoms with van der Waals surface area (Å²) >= 11 is 1.87. The minimum atomic E-state index is 0.596. The molecule has 0 aliphatic rings. The molecule has 0 bridgehead atoms. The van der Waals surface area contributed by atoms with E-state index in [4.69, 9.17) is 0 Å². The van der Waals surface area contributed by atoms with Crippen LogP contribution < -0.4 is 5.32 Å². The van der Waals surface area contributed by atoms with Crippen LogP contribution in [0, 0.1) is 0 Å². The molecule has 0 aliphatic heterocycles. The number of hydrogen-bond acceptors (Lipinski definition) is 3. The van der Waals surface area contributed by atoms with Gasteiger partial charge in [-0.25, -0.2) is 0 Å². The van der Waals surface area contributed by atoms with Crippen LogP contribution >= 0.6 is 11.8 Å². The van der Waals surface area contributed by atoms with Gasteiger partial charge in [0.25, 0.3) is 0 Å². The van der Waals surface area contributed by atoms with Crippen molar-refractivity contribution in [2.45, 2.75) is 31.2 Å². The van der Waals surface area contributed by atoms with E-state index in [0.29, 0.717) is 6.04 Å². The van der Waals surface area contributed by atoms with Gasteiger partial charge in [0.2, 0.25) is 0 Å². The third kappa shape index (κ3) is 4.67. The van der Waals surface area contributed by atoms with Gasteiger partial charge in [-0.05, 0) is 18.7 Å². The average Bonchev–Trinajstić information content (AvgIpc) is 2.50. The van der Waals surface area contributed by atoms with E-state index in [0.717, 1.165) is 12.3 Å². The second kappa shape index (κ2) is 6.09. The lowest BCUT2D eigenvalue weighted by Gasteiger charge is -2.06. The van der Waals surface area contributed by atoms with Crippen molar-refractivity contribution in [3.8, 4) is 0 Å². The van der Waals surface area contributed by atoms with E-state index in [1.807, 2.05) is 29.7 Å². The molecule has 3 nitrogen and oxygen atoms in total. The molecule has 1 N–H and O–H groups in total. The zero-order chi connectivity index (χ0) is 10.4. The van der Waals surface area contributed by atoms with Crippen LogP contribution in [0.15, 0.2) is 17.3 Å². The van der Waals surface area contributed by atoms with Crippen LogP contribution in [0.1, 0.15) is 20.3 Å². The van der Waals surface area contributed by atoms with E-state index < -0.39 is 0 Å². The first-order chi connectivity index (χ1) is 6.68. The topological polar surface area (TPSA) is 29.9 Å². The van der Waals surface area contributed by atoms with E-state index in [2.05, 4.69) is 30.5 Å². The fourth-order valence-electron chi connectivity index (χ4n) is 1.13. The van der Waals surface area contributed by atoms with Crippen molar-refractivity contribution in [2.24, 2.45) is 7.05 Å². The summed E-state index contributed by atoms with van der Waals surface area (Å²) in [6, 6.07) is 0.596. The van der Waals surface area contributed by atoms with Crippen molar-refractivity contribution in [3.05, 3.63) is 12.4 Å².